The number of ketones is 1. The smallest absolute Gasteiger partial charge is 0.326 e. The van der Waals surface area contributed by atoms with E-state index >= 15 is 0 Å². The van der Waals surface area contributed by atoms with Crippen molar-refractivity contribution in [3.8, 4) is 0 Å². The molecule has 2 amide bonds. The molecular weight excluding hydrogens is 343 g/mol. The fourth-order valence-corrected chi connectivity index (χ4v) is 2.32. The molecular formula is C18H23FN2O5. The monoisotopic (exact) mass is 366 g/mol. The van der Waals surface area contributed by atoms with Crippen LogP contribution in [0.4, 0.5) is 4.39 Å². The quantitative estimate of drug-likeness (QED) is 0.576. The van der Waals surface area contributed by atoms with Gasteiger partial charge in [0, 0.05) is 26.2 Å². The molecule has 1 aromatic rings. The van der Waals surface area contributed by atoms with E-state index < -0.39 is 35.7 Å². The molecule has 0 saturated carbocycles. The first-order chi connectivity index (χ1) is 12.2. The van der Waals surface area contributed by atoms with Crippen molar-refractivity contribution < 1.29 is 28.7 Å². The first-order valence-electron chi connectivity index (χ1n) is 8.29. The highest BCUT2D eigenvalue weighted by Crippen LogP contribution is 2.08. The lowest BCUT2D eigenvalue weighted by Gasteiger charge is -2.21. The van der Waals surface area contributed by atoms with Gasteiger partial charge in [-0.05, 0) is 24.1 Å². The second-order valence-corrected chi connectivity index (χ2v) is 5.91. The van der Waals surface area contributed by atoms with Crippen molar-refractivity contribution >= 4 is 23.6 Å². The van der Waals surface area contributed by atoms with Gasteiger partial charge in [0.2, 0.25) is 11.8 Å². The third-order valence-corrected chi connectivity index (χ3v) is 3.77. The molecule has 142 valence electrons. The average Bonchev–Trinajstić information content (AvgIpc) is 2.58. The number of carbonyl (C=O) groups is 4. The highest BCUT2D eigenvalue weighted by atomic mass is 19.1. The highest BCUT2D eigenvalue weighted by molar-refractivity contribution is 5.90. The van der Waals surface area contributed by atoms with Crippen LogP contribution >= 0.6 is 0 Å². The van der Waals surface area contributed by atoms with Crippen LogP contribution < -0.4 is 10.6 Å². The van der Waals surface area contributed by atoms with Crippen LogP contribution in [0.2, 0.25) is 0 Å². The normalized spacial score (nSPS) is 12.7. The number of amides is 2. The SMILES string of the molecule is CCC(=O)CC[C@@H](NC(=O)[C@@H](Cc1ccc(F)cc1)NC(C)=O)C(=O)O. The molecule has 1 aromatic carbocycles. The number of aliphatic carboxylic acids is 1. The van der Waals surface area contributed by atoms with Gasteiger partial charge in [-0.1, -0.05) is 19.1 Å². The first kappa shape index (κ1) is 21.3. The molecule has 0 fully saturated rings. The molecule has 0 aliphatic carbocycles. The predicted molar refractivity (Wildman–Crippen MR) is 91.8 cm³/mol. The van der Waals surface area contributed by atoms with Crippen molar-refractivity contribution in [1.82, 2.24) is 10.6 Å². The van der Waals surface area contributed by atoms with Crippen molar-refractivity contribution in [2.45, 2.75) is 51.6 Å². The molecule has 26 heavy (non-hydrogen) atoms. The van der Waals surface area contributed by atoms with Gasteiger partial charge in [-0.3, -0.25) is 14.4 Å². The van der Waals surface area contributed by atoms with Gasteiger partial charge in [-0.2, -0.15) is 0 Å². The van der Waals surface area contributed by atoms with Crippen LogP contribution in [0.15, 0.2) is 24.3 Å². The maximum absolute atomic E-state index is 13.0. The number of carboxylic acids is 1. The largest absolute Gasteiger partial charge is 0.480 e. The Morgan fingerprint density at radius 2 is 1.69 bits per heavy atom. The molecule has 7 nitrogen and oxygen atoms in total. The van der Waals surface area contributed by atoms with Crippen molar-refractivity contribution in [1.29, 1.82) is 0 Å². The number of hydrogen-bond acceptors (Lipinski definition) is 4. The van der Waals surface area contributed by atoms with E-state index in [1.807, 2.05) is 0 Å². The number of carbonyl (C=O) groups excluding carboxylic acids is 3. The topological polar surface area (TPSA) is 113 Å². The van der Waals surface area contributed by atoms with Gasteiger partial charge in [0.1, 0.15) is 23.7 Å². The summed E-state index contributed by atoms with van der Waals surface area (Å²) in [5.74, 6) is -2.93. The number of nitrogens with one attached hydrogen (secondary N) is 2. The lowest BCUT2D eigenvalue weighted by Crippen LogP contribution is -2.52. The van der Waals surface area contributed by atoms with E-state index in [0.717, 1.165) is 0 Å². The molecule has 0 bridgehead atoms. The molecule has 8 heteroatoms. The highest BCUT2D eigenvalue weighted by Gasteiger charge is 2.26. The molecule has 0 heterocycles. The van der Waals surface area contributed by atoms with E-state index in [4.69, 9.17) is 0 Å². The number of carboxylic acid groups (broad SMARTS) is 1. The second kappa shape index (κ2) is 10.3. The third kappa shape index (κ3) is 7.42. The van der Waals surface area contributed by atoms with E-state index in [1.165, 1.54) is 31.2 Å². The van der Waals surface area contributed by atoms with Gasteiger partial charge in [0.25, 0.3) is 0 Å². The number of halogens is 1. The summed E-state index contributed by atoms with van der Waals surface area (Å²) in [5, 5.41) is 14.0. The summed E-state index contributed by atoms with van der Waals surface area (Å²) < 4.78 is 13.0. The fraction of sp³-hybridized carbons (Fsp3) is 0.444. The number of benzene rings is 1. The van der Waals surface area contributed by atoms with Gasteiger partial charge in [-0.25, -0.2) is 9.18 Å². The van der Waals surface area contributed by atoms with E-state index in [1.54, 1.807) is 6.92 Å². The Balaban J connectivity index is 2.81. The Labute approximate surface area is 151 Å². The number of rotatable bonds is 10. The summed E-state index contributed by atoms with van der Waals surface area (Å²) in [5.41, 5.74) is 0.605. The zero-order chi connectivity index (χ0) is 19.7. The summed E-state index contributed by atoms with van der Waals surface area (Å²) in [6.07, 6.45) is 0.374. The van der Waals surface area contributed by atoms with Gasteiger partial charge >= 0.3 is 5.97 Å². The summed E-state index contributed by atoms with van der Waals surface area (Å²) >= 11 is 0. The predicted octanol–water partition coefficient (Wildman–Crippen LogP) is 1.20. The summed E-state index contributed by atoms with van der Waals surface area (Å²) in [7, 11) is 0. The molecule has 1 rings (SSSR count). The Bertz CT molecular complexity index is 660. The summed E-state index contributed by atoms with van der Waals surface area (Å²) in [6.45, 7) is 2.91. The molecule has 3 N–H and O–H groups in total. The summed E-state index contributed by atoms with van der Waals surface area (Å²) in [6, 6.07) is 3.17. The minimum atomic E-state index is -1.26. The lowest BCUT2D eigenvalue weighted by molar-refractivity contribution is -0.142. The molecule has 0 aromatic heterocycles. The average molecular weight is 366 g/mol. The molecule has 0 spiro atoms. The zero-order valence-corrected chi connectivity index (χ0v) is 14.8. The van der Waals surface area contributed by atoms with Gasteiger partial charge in [-0.15, -0.1) is 0 Å². The van der Waals surface area contributed by atoms with Gasteiger partial charge < -0.3 is 15.7 Å². The third-order valence-electron chi connectivity index (χ3n) is 3.77. The number of hydrogen-bond donors (Lipinski definition) is 3. The Morgan fingerprint density at radius 1 is 1.08 bits per heavy atom. The summed E-state index contributed by atoms with van der Waals surface area (Å²) in [4.78, 5) is 46.5. The molecule has 0 unspecified atom stereocenters. The van der Waals surface area contributed by atoms with Crippen LogP contribution in [0.5, 0.6) is 0 Å². The van der Waals surface area contributed by atoms with Crippen LogP contribution in [0, 0.1) is 5.82 Å². The molecule has 2 atom stereocenters. The van der Waals surface area contributed by atoms with Crippen LogP contribution in [0.1, 0.15) is 38.7 Å². The van der Waals surface area contributed by atoms with Crippen molar-refractivity contribution in [3.63, 3.8) is 0 Å². The minimum absolute atomic E-state index is 0.0307. The van der Waals surface area contributed by atoms with Crippen LogP contribution in [0.25, 0.3) is 0 Å². The molecule has 0 radical (unpaired) electrons. The van der Waals surface area contributed by atoms with Crippen LogP contribution in [-0.4, -0.2) is 40.8 Å². The van der Waals surface area contributed by atoms with Crippen molar-refractivity contribution in [2.24, 2.45) is 0 Å². The Morgan fingerprint density at radius 3 is 2.19 bits per heavy atom. The fourth-order valence-electron chi connectivity index (χ4n) is 2.32. The van der Waals surface area contributed by atoms with Crippen molar-refractivity contribution in [2.75, 3.05) is 0 Å². The number of Topliss-reactive ketones (excluding diaryl/α,β-unsaturated/α-hetero) is 1. The Kier molecular flexibility index (Phi) is 8.41. The molecule has 0 saturated heterocycles. The Hall–Kier alpha value is -2.77. The minimum Gasteiger partial charge on any atom is -0.480 e. The molecule has 0 aliphatic rings. The standard InChI is InChI=1S/C18H23FN2O5/c1-3-14(23)8-9-15(18(25)26)21-17(24)16(20-11(2)22)10-12-4-6-13(19)7-5-12/h4-7,15-16H,3,8-10H2,1-2H3,(H,20,22)(H,21,24)(H,25,26)/t15-,16-/m1/s1. The van der Waals surface area contributed by atoms with Gasteiger partial charge in [0.05, 0.1) is 0 Å². The van der Waals surface area contributed by atoms with E-state index in [-0.39, 0.29) is 25.0 Å². The second-order valence-electron chi connectivity index (χ2n) is 5.91. The van der Waals surface area contributed by atoms with Crippen LogP contribution in [0.3, 0.4) is 0 Å². The van der Waals surface area contributed by atoms with Crippen LogP contribution in [-0.2, 0) is 25.6 Å². The van der Waals surface area contributed by atoms with Crippen molar-refractivity contribution in [3.05, 3.63) is 35.6 Å². The van der Waals surface area contributed by atoms with E-state index in [2.05, 4.69) is 10.6 Å². The lowest BCUT2D eigenvalue weighted by atomic mass is 10.0. The maximum Gasteiger partial charge on any atom is 0.326 e. The maximum atomic E-state index is 13.0. The van der Waals surface area contributed by atoms with E-state index in [0.29, 0.717) is 12.0 Å². The van der Waals surface area contributed by atoms with E-state index in [9.17, 15) is 28.7 Å². The molecule has 0 aliphatic heterocycles. The zero-order valence-electron chi connectivity index (χ0n) is 14.8. The first-order valence-corrected chi connectivity index (χ1v) is 8.29. The van der Waals surface area contributed by atoms with Gasteiger partial charge in [0.15, 0.2) is 0 Å².